The number of hydrogen-bond acceptors (Lipinski definition) is 3. The molecular formula is C19H18N2O3. The van der Waals surface area contributed by atoms with E-state index in [1.165, 1.54) is 4.57 Å². The fourth-order valence-electron chi connectivity index (χ4n) is 2.64. The first-order valence-electron chi connectivity index (χ1n) is 7.73. The Morgan fingerprint density at radius 2 is 1.75 bits per heavy atom. The molecule has 122 valence electrons. The van der Waals surface area contributed by atoms with Gasteiger partial charge in [-0.2, -0.15) is 0 Å². The van der Waals surface area contributed by atoms with Gasteiger partial charge in [0.2, 0.25) is 0 Å². The first-order chi connectivity index (χ1) is 11.6. The average Bonchev–Trinajstić information content (AvgIpc) is 2.60. The monoisotopic (exact) mass is 322 g/mol. The van der Waals surface area contributed by atoms with Crippen LogP contribution in [0.15, 0.2) is 59.5 Å². The number of anilines is 1. The lowest BCUT2D eigenvalue weighted by atomic mass is 10.1. The Morgan fingerprint density at radius 1 is 1.08 bits per heavy atom. The van der Waals surface area contributed by atoms with E-state index in [2.05, 4.69) is 5.32 Å². The third kappa shape index (κ3) is 2.88. The van der Waals surface area contributed by atoms with Crippen molar-refractivity contribution in [2.75, 3.05) is 11.9 Å². The van der Waals surface area contributed by atoms with Gasteiger partial charge in [0.1, 0.15) is 5.75 Å². The number of fused-ring (bicyclic) bond motifs is 1. The van der Waals surface area contributed by atoms with E-state index in [1.807, 2.05) is 25.1 Å². The molecule has 5 heteroatoms. The molecule has 0 aliphatic carbocycles. The zero-order valence-electron chi connectivity index (χ0n) is 13.6. The molecule has 5 nitrogen and oxygen atoms in total. The van der Waals surface area contributed by atoms with Crippen molar-refractivity contribution in [3.63, 3.8) is 0 Å². The van der Waals surface area contributed by atoms with Gasteiger partial charge in [0.15, 0.2) is 0 Å². The van der Waals surface area contributed by atoms with Crippen LogP contribution in [0.25, 0.3) is 10.8 Å². The molecule has 0 unspecified atom stereocenters. The van der Waals surface area contributed by atoms with E-state index in [0.29, 0.717) is 34.4 Å². The van der Waals surface area contributed by atoms with Gasteiger partial charge in [0.25, 0.3) is 11.5 Å². The van der Waals surface area contributed by atoms with Crippen LogP contribution >= 0.6 is 0 Å². The number of carbonyl (C=O) groups is 1. The lowest BCUT2D eigenvalue weighted by Crippen LogP contribution is -2.21. The Labute approximate surface area is 139 Å². The predicted molar refractivity (Wildman–Crippen MR) is 94.8 cm³/mol. The number of nitrogens with one attached hydrogen (secondary N) is 1. The maximum absolute atomic E-state index is 12.8. The summed E-state index contributed by atoms with van der Waals surface area (Å²) in [7, 11) is 1.64. The molecule has 0 fully saturated rings. The van der Waals surface area contributed by atoms with Gasteiger partial charge in [-0.1, -0.05) is 30.3 Å². The standard InChI is InChI=1S/C19H18N2O3/c1-3-24-17-11-7-6-10-16(17)20-18(22)15-12-21(2)19(23)14-9-5-4-8-13(14)15/h4-12H,3H2,1-2H3,(H,20,22). The van der Waals surface area contributed by atoms with Crippen LogP contribution in [-0.4, -0.2) is 17.1 Å². The summed E-state index contributed by atoms with van der Waals surface area (Å²) in [6.07, 6.45) is 1.56. The summed E-state index contributed by atoms with van der Waals surface area (Å²) in [5.74, 6) is 0.330. The normalized spacial score (nSPS) is 10.6. The van der Waals surface area contributed by atoms with Crippen molar-refractivity contribution in [1.82, 2.24) is 4.57 Å². The van der Waals surface area contributed by atoms with Gasteiger partial charge in [-0.25, -0.2) is 0 Å². The summed E-state index contributed by atoms with van der Waals surface area (Å²) in [6.45, 7) is 2.40. The summed E-state index contributed by atoms with van der Waals surface area (Å²) in [6, 6.07) is 14.4. The number of nitrogens with zero attached hydrogens (tertiary/aromatic N) is 1. The molecule has 2 aromatic carbocycles. The minimum atomic E-state index is -0.283. The predicted octanol–water partition coefficient (Wildman–Crippen LogP) is 3.19. The number of rotatable bonds is 4. The number of aryl methyl sites for hydroxylation is 1. The van der Waals surface area contributed by atoms with Gasteiger partial charge in [0, 0.05) is 24.0 Å². The molecule has 0 saturated heterocycles. The molecule has 0 bridgehead atoms. The molecule has 1 amide bonds. The number of ether oxygens (including phenoxy) is 1. The highest BCUT2D eigenvalue weighted by atomic mass is 16.5. The quantitative estimate of drug-likeness (QED) is 0.802. The van der Waals surface area contributed by atoms with Gasteiger partial charge in [-0.15, -0.1) is 0 Å². The highest BCUT2D eigenvalue weighted by Crippen LogP contribution is 2.25. The Morgan fingerprint density at radius 3 is 2.50 bits per heavy atom. The number of hydrogen-bond donors (Lipinski definition) is 1. The molecule has 0 saturated carbocycles. The van der Waals surface area contributed by atoms with Gasteiger partial charge in [-0.3, -0.25) is 9.59 Å². The maximum Gasteiger partial charge on any atom is 0.258 e. The zero-order chi connectivity index (χ0) is 17.1. The SMILES string of the molecule is CCOc1ccccc1NC(=O)c1cn(C)c(=O)c2ccccc12. The number of pyridine rings is 1. The molecule has 1 N–H and O–H groups in total. The highest BCUT2D eigenvalue weighted by Gasteiger charge is 2.15. The summed E-state index contributed by atoms with van der Waals surface area (Å²) in [5.41, 5.74) is 0.915. The van der Waals surface area contributed by atoms with Crippen molar-refractivity contribution < 1.29 is 9.53 Å². The Hall–Kier alpha value is -3.08. The van der Waals surface area contributed by atoms with Crippen molar-refractivity contribution in [3.8, 4) is 5.75 Å². The molecule has 1 aromatic heterocycles. The van der Waals surface area contributed by atoms with Gasteiger partial charge < -0.3 is 14.6 Å². The van der Waals surface area contributed by atoms with Gasteiger partial charge in [-0.05, 0) is 25.1 Å². The second kappa shape index (κ2) is 6.58. The number of carbonyl (C=O) groups excluding carboxylic acids is 1. The van der Waals surface area contributed by atoms with Crippen molar-refractivity contribution in [2.45, 2.75) is 6.92 Å². The first kappa shape index (κ1) is 15.8. The number of amides is 1. The van der Waals surface area contributed by atoms with E-state index >= 15 is 0 Å². The second-order valence-electron chi connectivity index (χ2n) is 5.39. The van der Waals surface area contributed by atoms with Crippen molar-refractivity contribution in [1.29, 1.82) is 0 Å². The number of aromatic nitrogens is 1. The van der Waals surface area contributed by atoms with Crippen molar-refractivity contribution in [3.05, 3.63) is 70.6 Å². The van der Waals surface area contributed by atoms with Crippen molar-refractivity contribution >= 4 is 22.4 Å². The molecule has 1 heterocycles. The molecule has 3 rings (SSSR count). The van der Waals surface area contributed by atoms with Gasteiger partial charge >= 0.3 is 0 Å². The van der Waals surface area contributed by atoms with E-state index in [1.54, 1.807) is 43.6 Å². The van der Waals surface area contributed by atoms with E-state index in [0.717, 1.165) is 0 Å². The summed E-state index contributed by atoms with van der Waals surface area (Å²) >= 11 is 0. The van der Waals surface area contributed by atoms with Crippen LogP contribution in [0.5, 0.6) is 5.75 Å². The van der Waals surface area contributed by atoms with Crippen molar-refractivity contribution in [2.24, 2.45) is 7.05 Å². The highest BCUT2D eigenvalue weighted by molar-refractivity contribution is 6.12. The number of benzene rings is 2. The third-order valence-corrected chi connectivity index (χ3v) is 3.77. The van der Waals surface area contributed by atoms with Crippen LogP contribution in [0.4, 0.5) is 5.69 Å². The maximum atomic E-state index is 12.8. The van der Waals surface area contributed by atoms with Crippen LogP contribution in [0, 0.1) is 0 Å². The van der Waals surface area contributed by atoms with E-state index in [9.17, 15) is 9.59 Å². The minimum Gasteiger partial charge on any atom is -0.492 e. The fraction of sp³-hybridized carbons (Fsp3) is 0.158. The molecule has 24 heavy (non-hydrogen) atoms. The molecule has 0 radical (unpaired) electrons. The second-order valence-corrected chi connectivity index (χ2v) is 5.39. The van der Waals surface area contributed by atoms with Crippen LogP contribution in [-0.2, 0) is 7.05 Å². The van der Waals surface area contributed by atoms with Crippen LogP contribution in [0.3, 0.4) is 0 Å². The smallest absolute Gasteiger partial charge is 0.258 e. The average molecular weight is 322 g/mol. The molecule has 3 aromatic rings. The first-order valence-corrected chi connectivity index (χ1v) is 7.73. The Bertz CT molecular complexity index is 960. The van der Waals surface area contributed by atoms with Crippen LogP contribution in [0.1, 0.15) is 17.3 Å². The lowest BCUT2D eigenvalue weighted by Gasteiger charge is -2.13. The zero-order valence-corrected chi connectivity index (χ0v) is 13.6. The van der Waals surface area contributed by atoms with E-state index in [4.69, 9.17) is 4.74 Å². The van der Waals surface area contributed by atoms with E-state index in [-0.39, 0.29) is 11.5 Å². The number of para-hydroxylation sites is 2. The molecular weight excluding hydrogens is 304 g/mol. The largest absolute Gasteiger partial charge is 0.492 e. The lowest BCUT2D eigenvalue weighted by molar-refractivity contribution is 0.102. The molecule has 0 spiro atoms. The molecule has 0 aliphatic heterocycles. The fourth-order valence-corrected chi connectivity index (χ4v) is 2.64. The molecule has 0 atom stereocenters. The topological polar surface area (TPSA) is 60.3 Å². The Kier molecular flexibility index (Phi) is 4.33. The Balaban J connectivity index is 2.04. The van der Waals surface area contributed by atoms with Crippen LogP contribution < -0.4 is 15.6 Å². The van der Waals surface area contributed by atoms with Gasteiger partial charge in [0.05, 0.1) is 17.9 Å². The third-order valence-electron chi connectivity index (χ3n) is 3.77. The summed E-state index contributed by atoms with van der Waals surface area (Å²) in [4.78, 5) is 25.0. The van der Waals surface area contributed by atoms with Crippen LogP contribution in [0.2, 0.25) is 0 Å². The summed E-state index contributed by atoms with van der Waals surface area (Å²) in [5, 5.41) is 4.02. The molecule has 0 aliphatic rings. The summed E-state index contributed by atoms with van der Waals surface area (Å²) < 4.78 is 6.96. The minimum absolute atomic E-state index is 0.128. The van der Waals surface area contributed by atoms with E-state index < -0.39 is 0 Å².